The Morgan fingerprint density at radius 1 is 1.33 bits per heavy atom. The monoisotopic (exact) mass is 327 g/mol. The van der Waals surface area contributed by atoms with Crippen molar-refractivity contribution < 1.29 is 9.53 Å². The van der Waals surface area contributed by atoms with E-state index in [1.54, 1.807) is 0 Å². The summed E-state index contributed by atoms with van der Waals surface area (Å²) in [4.78, 5) is 20.2. The predicted octanol–water partition coefficient (Wildman–Crippen LogP) is 2.16. The third-order valence-electron chi connectivity index (χ3n) is 5.33. The molecule has 3 heterocycles. The smallest absolute Gasteiger partial charge is 0.307 e. The molecule has 4 rings (SSSR count). The molecule has 1 N–H and O–H groups in total. The average molecular weight is 327 g/mol. The van der Waals surface area contributed by atoms with Gasteiger partial charge in [0.1, 0.15) is 0 Å². The van der Waals surface area contributed by atoms with Crippen LogP contribution in [0.1, 0.15) is 24.6 Å². The first-order chi connectivity index (χ1) is 11.7. The summed E-state index contributed by atoms with van der Waals surface area (Å²) in [5.41, 5.74) is 4.12. The molecule has 1 fully saturated rings. The number of nitrogens with one attached hydrogen (secondary N) is 1. The van der Waals surface area contributed by atoms with Crippen molar-refractivity contribution in [3.05, 3.63) is 35.5 Å². The summed E-state index contributed by atoms with van der Waals surface area (Å²) in [7, 11) is 0. The Hall–Kier alpha value is -1.85. The minimum atomic E-state index is -0.0810. The normalized spacial score (nSPS) is 21.5. The lowest BCUT2D eigenvalue weighted by Gasteiger charge is -2.43. The third kappa shape index (κ3) is 2.94. The van der Waals surface area contributed by atoms with Crippen molar-refractivity contribution in [1.29, 1.82) is 0 Å². The fourth-order valence-corrected chi connectivity index (χ4v) is 4.11. The minimum Gasteiger partial charge on any atom is -0.466 e. The summed E-state index contributed by atoms with van der Waals surface area (Å²) >= 11 is 0. The number of carbonyl (C=O) groups is 1. The first-order valence-corrected chi connectivity index (χ1v) is 8.95. The summed E-state index contributed by atoms with van der Waals surface area (Å²) in [6, 6.07) is 9.15. The number of nitrogens with zero attached hydrogens (tertiary/aromatic N) is 2. The Kier molecular flexibility index (Phi) is 4.29. The number of benzene rings is 1. The van der Waals surface area contributed by atoms with Crippen LogP contribution < -0.4 is 0 Å². The molecule has 0 amide bonds. The number of hydrogen-bond donors (Lipinski definition) is 1. The molecule has 128 valence electrons. The van der Waals surface area contributed by atoms with E-state index < -0.39 is 0 Å². The largest absolute Gasteiger partial charge is 0.466 e. The quantitative estimate of drug-likeness (QED) is 0.875. The number of fused-ring (bicyclic) bond motifs is 4. The van der Waals surface area contributed by atoms with Gasteiger partial charge in [-0.1, -0.05) is 18.2 Å². The van der Waals surface area contributed by atoms with Gasteiger partial charge in [0, 0.05) is 55.4 Å². The van der Waals surface area contributed by atoms with E-state index in [0.29, 0.717) is 19.1 Å². The van der Waals surface area contributed by atoms with Crippen LogP contribution in [-0.4, -0.2) is 59.6 Å². The second-order valence-electron chi connectivity index (χ2n) is 6.81. The number of para-hydroxylation sites is 1. The van der Waals surface area contributed by atoms with Crippen LogP contribution in [0.2, 0.25) is 0 Å². The average Bonchev–Trinajstić information content (AvgIpc) is 2.95. The Balaban J connectivity index is 1.44. The van der Waals surface area contributed by atoms with Gasteiger partial charge in [0.2, 0.25) is 0 Å². The highest BCUT2D eigenvalue weighted by molar-refractivity contribution is 5.84. The van der Waals surface area contributed by atoms with E-state index >= 15 is 0 Å². The maximum absolute atomic E-state index is 11.6. The molecule has 2 aliphatic heterocycles. The van der Waals surface area contributed by atoms with Crippen LogP contribution in [0.4, 0.5) is 0 Å². The lowest BCUT2D eigenvalue weighted by Crippen LogP contribution is -2.55. The zero-order valence-corrected chi connectivity index (χ0v) is 14.3. The van der Waals surface area contributed by atoms with Gasteiger partial charge in [0.25, 0.3) is 0 Å². The first-order valence-electron chi connectivity index (χ1n) is 8.95. The zero-order chi connectivity index (χ0) is 16.5. The Morgan fingerprint density at radius 3 is 3.08 bits per heavy atom. The van der Waals surface area contributed by atoms with Crippen molar-refractivity contribution in [1.82, 2.24) is 14.8 Å². The fourth-order valence-electron chi connectivity index (χ4n) is 4.11. The van der Waals surface area contributed by atoms with Crippen LogP contribution in [0.5, 0.6) is 0 Å². The first kappa shape index (κ1) is 15.7. The molecule has 24 heavy (non-hydrogen) atoms. The highest BCUT2D eigenvalue weighted by Crippen LogP contribution is 2.31. The van der Waals surface area contributed by atoms with Crippen LogP contribution in [0.25, 0.3) is 10.9 Å². The molecule has 0 spiro atoms. The number of ether oxygens (including phenoxy) is 1. The van der Waals surface area contributed by atoms with E-state index in [1.165, 1.54) is 22.2 Å². The van der Waals surface area contributed by atoms with E-state index in [0.717, 1.165) is 39.1 Å². The molecule has 0 aliphatic carbocycles. The minimum absolute atomic E-state index is 0.0810. The summed E-state index contributed by atoms with van der Waals surface area (Å²) in [6.45, 7) is 7.30. The van der Waals surface area contributed by atoms with Crippen LogP contribution in [0.15, 0.2) is 24.3 Å². The van der Waals surface area contributed by atoms with E-state index in [9.17, 15) is 4.79 Å². The van der Waals surface area contributed by atoms with Crippen molar-refractivity contribution in [3.63, 3.8) is 0 Å². The Bertz CT molecular complexity index is 739. The number of esters is 1. The number of aromatic amines is 1. The summed E-state index contributed by atoms with van der Waals surface area (Å²) in [6.07, 6.45) is 1.59. The molecule has 2 aliphatic rings. The molecule has 0 saturated carbocycles. The fraction of sp³-hybridized carbons (Fsp3) is 0.526. The molecule has 0 radical (unpaired) electrons. The Morgan fingerprint density at radius 2 is 2.21 bits per heavy atom. The van der Waals surface area contributed by atoms with E-state index in [2.05, 4.69) is 39.0 Å². The molecule has 5 nitrogen and oxygen atoms in total. The summed E-state index contributed by atoms with van der Waals surface area (Å²) < 4.78 is 5.04. The Labute approximate surface area is 142 Å². The highest BCUT2D eigenvalue weighted by Gasteiger charge is 2.33. The number of carbonyl (C=O) groups excluding carboxylic acids is 1. The van der Waals surface area contributed by atoms with Crippen molar-refractivity contribution in [2.24, 2.45) is 0 Å². The molecule has 1 unspecified atom stereocenters. The highest BCUT2D eigenvalue weighted by atomic mass is 16.5. The second kappa shape index (κ2) is 6.57. The SMILES string of the molecule is CCOC(=O)CCN1CCN2Cc3[nH]c4ccccc4c3CC2C1. The van der Waals surface area contributed by atoms with Gasteiger partial charge in [-0.2, -0.15) is 0 Å². The predicted molar refractivity (Wildman–Crippen MR) is 93.9 cm³/mol. The van der Waals surface area contributed by atoms with Gasteiger partial charge in [-0.25, -0.2) is 0 Å². The van der Waals surface area contributed by atoms with E-state index in [1.807, 2.05) is 6.92 Å². The van der Waals surface area contributed by atoms with Gasteiger partial charge in [-0.3, -0.25) is 14.6 Å². The van der Waals surface area contributed by atoms with Crippen molar-refractivity contribution >= 4 is 16.9 Å². The molecule has 2 aromatic rings. The maximum Gasteiger partial charge on any atom is 0.307 e. The van der Waals surface area contributed by atoms with Gasteiger partial charge < -0.3 is 9.72 Å². The maximum atomic E-state index is 11.6. The van der Waals surface area contributed by atoms with E-state index in [-0.39, 0.29) is 5.97 Å². The van der Waals surface area contributed by atoms with Gasteiger partial charge >= 0.3 is 5.97 Å². The number of H-pyrrole nitrogens is 1. The number of rotatable bonds is 4. The molecular formula is C19H25N3O2. The van der Waals surface area contributed by atoms with E-state index in [4.69, 9.17) is 4.74 Å². The van der Waals surface area contributed by atoms with Crippen LogP contribution in [-0.2, 0) is 22.5 Å². The number of aromatic nitrogens is 1. The summed E-state index contributed by atoms with van der Waals surface area (Å²) in [5, 5.41) is 1.37. The van der Waals surface area contributed by atoms with Crippen LogP contribution in [0, 0.1) is 0 Å². The molecule has 5 heteroatoms. The van der Waals surface area contributed by atoms with Gasteiger partial charge in [0.15, 0.2) is 0 Å². The molecule has 1 saturated heterocycles. The standard InChI is InChI=1S/C19H25N3O2/c1-2-24-19(23)7-8-21-9-10-22-13-18-16(11-14(22)12-21)15-5-3-4-6-17(15)20-18/h3-6,14,20H,2,7-13H2,1H3. The van der Waals surface area contributed by atoms with Crippen LogP contribution in [0.3, 0.4) is 0 Å². The number of hydrogen-bond acceptors (Lipinski definition) is 4. The van der Waals surface area contributed by atoms with Crippen molar-refractivity contribution in [2.75, 3.05) is 32.8 Å². The lowest BCUT2D eigenvalue weighted by atomic mass is 9.94. The lowest BCUT2D eigenvalue weighted by molar-refractivity contribution is -0.143. The van der Waals surface area contributed by atoms with Crippen molar-refractivity contribution in [3.8, 4) is 0 Å². The second-order valence-corrected chi connectivity index (χ2v) is 6.81. The van der Waals surface area contributed by atoms with Gasteiger partial charge in [-0.15, -0.1) is 0 Å². The summed E-state index contributed by atoms with van der Waals surface area (Å²) in [5.74, 6) is -0.0810. The zero-order valence-electron chi connectivity index (χ0n) is 14.3. The third-order valence-corrected chi connectivity index (χ3v) is 5.33. The van der Waals surface area contributed by atoms with Gasteiger partial charge in [0.05, 0.1) is 13.0 Å². The molecule has 1 atom stereocenters. The van der Waals surface area contributed by atoms with Crippen molar-refractivity contribution in [2.45, 2.75) is 32.4 Å². The van der Waals surface area contributed by atoms with Gasteiger partial charge in [-0.05, 0) is 25.0 Å². The van der Waals surface area contributed by atoms with Crippen LogP contribution >= 0.6 is 0 Å². The molecule has 1 aromatic carbocycles. The number of piperazine rings is 1. The molecular weight excluding hydrogens is 302 g/mol. The topological polar surface area (TPSA) is 48.6 Å². The molecule has 1 aromatic heterocycles. The molecule has 0 bridgehead atoms.